The number of rotatable bonds is 6. The monoisotopic (exact) mass is 358 g/mol. The summed E-state index contributed by atoms with van der Waals surface area (Å²) in [6.45, 7) is 4.05. The van der Waals surface area contributed by atoms with Gasteiger partial charge < -0.3 is 16.0 Å². The van der Waals surface area contributed by atoms with E-state index in [1.54, 1.807) is 19.1 Å². The van der Waals surface area contributed by atoms with Crippen LogP contribution in [0.15, 0.2) is 29.2 Å². The first-order valence-corrected chi connectivity index (χ1v) is 8.91. The molecule has 23 heavy (non-hydrogen) atoms. The molecule has 7 nitrogen and oxygen atoms in total. The lowest BCUT2D eigenvalue weighted by molar-refractivity contribution is -0.122. The van der Waals surface area contributed by atoms with Crippen molar-refractivity contribution in [1.82, 2.24) is 14.9 Å². The van der Waals surface area contributed by atoms with E-state index in [0.29, 0.717) is 12.2 Å². The second-order valence-electron chi connectivity index (χ2n) is 5.03. The van der Waals surface area contributed by atoms with Crippen LogP contribution in [-0.2, 0) is 14.8 Å². The lowest BCUT2D eigenvalue weighted by Crippen LogP contribution is -2.46. The molecule has 0 heterocycles. The highest BCUT2D eigenvalue weighted by Crippen LogP contribution is 2.17. The van der Waals surface area contributed by atoms with E-state index in [-0.39, 0.29) is 15.9 Å². The van der Waals surface area contributed by atoms with E-state index >= 15 is 0 Å². The molecule has 0 saturated carbocycles. The zero-order valence-electron chi connectivity index (χ0n) is 13.6. The summed E-state index contributed by atoms with van der Waals surface area (Å²) in [6.07, 6.45) is 0. The third kappa shape index (κ3) is 5.45. The number of thiocarbonyl (C=S) groups is 1. The van der Waals surface area contributed by atoms with Gasteiger partial charge in [0.1, 0.15) is 6.04 Å². The Morgan fingerprint density at radius 1 is 1.35 bits per heavy atom. The highest BCUT2D eigenvalue weighted by atomic mass is 32.2. The van der Waals surface area contributed by atoms with Crippen LogP contribution >= 0.6 is 12.2 Å². The van der Waals surface area contributed by atoms with Crippen molar-refractivity contribution in [3.05, 3.63) is 24.3 Å². The number of likely N-dealkylation sites (N-methyl/N-ethyl adjacent to an activating group) is 1. The molecule has 0 unspecified atom stereocenters. The number of hydrogen-bond donors (Lipinski definition) is 3. The van der Waals surface area contributed by atoms with Gasteiger partial charge in [0.2, 0.25) is 15.9 Å². The van der Waals surface area contributed by atoms with Gasteiger partial charge in [-0.05, 0) is 44.3 Å². The van der Waals surface area contributed by atoms with Crippen molar-refractivity contribution in [2.75, 3.05) is 26.0 Å². The molecule has 0 fully saturated rings. The molecule has 0 radical (unpaired) electrons. The van der Waals surface area contributed by atoms with Crippen LogP contribution in [0.3, 0.4) is 0 Å². The smallest absolute Gasteiger partial charge is 0.242 e. The van der Waals surface area contributed by atoms with Gasteiger partial charge in [-0.3, -0.25) is 4.79 Å². The molecule has 0 aromatic heterocycles. The number of amides is 1. The minimum atomic E-state index is -3.51. The Labute approximate surface area is 142 Å². The molecular formula is C14H22N4O3S2. The van der Waals surface area contributed by atoms with Crippen LogP contribution in [0.2, 0.25) is 0 Å². The summed E-state index contributed by atoms with van der Waals surface area (Å²) in [5, 5.41) is 8.64. The van der Waals surface area contributed by atoms with E-state index in [9.17, 15) is 13.2 Å². The Kier molecular flexibility index (Phi) is 6.92. The molecular weight excluding hydrogens is 336 g/mol. The molecule has 1 aromatic rings. The maximum absolute atomic E-state index is 12.1. The summed E-state index contributed by atoms with van der Waals surface area (Å²) in [7, 11) is -0.578. The van der Waals surface area contributed by atoms with E-state index in [1.807, 2.05) is 6.92 Å². The summed E-state index contributed by atoms with van der Waals surface area (Å²) in [5.41, 5.74) is 0.522. The van der Waals surface area contributed by atoms with Crippen molar-refractivity contribution in [3.63, 3.8) is 0 Å². The van der Waals surface area contributed by atoms with E-state index in [2.05, 4.69) is 16.0 Å². The first-order chi connectivity index (χ1) is 10.7. The fourth-order valence-corrected chi connectivity index (χ4v) is 2.94. The Morgan fingerprint density at radius 3 is 2.57 bits per heavy atom. The molecule has 3 N–H and O–H groups in total. The average Bonchev–Trinajstić information content (AvgIpc) is 2.47. The Balaban J connectivity index is 2.79. The molecule has 1 rings (SSSR count). The number of anilines is 1. The van der Waals surface area contributed by atoms with Gasteiger partial charge in [0.25, 0.3) is 0 Å². The van der Waals surface area contributed by atoms with Gasteiger partial charge in [-0.1, -0.05) is 6.07 Å². The molecule has 9 heteroatoms. The van der Waals surface area contributed by atoms with Crippen molar-refractivity contribution in [2.45, 2.75) is 24.8 Å². The number of sulfonamides is 1. The highest BCUT2D eigenvalue weighted by molar-refractivity contribution is 7.89. The highest BCUT2D eigenvalue weighted by Gasteiger charge is 2.18. The number of carbonyl (C=O) groups is 1. The van der Waals surface area contributed by atoms with Gasteiger partial charge in [-0.15, -0.1) is 0 Å². The zero-order chi connectivity index (χ0) is 17.6. The molecule has 0 aliphatic carbocycles. The van der Waals surface area contributed by atoms with Gasteiger partial charge in [0.05, 0.1) is 4.90 Å². The Morgan fingerprint density at radius 2 is 2.00 bits per heavy atom. The van der Waals surface area contributed by atoms with Crippen molar-refractivity contribution in [1.29, 1.82) is 0 Å². The Bertz CT molecular complexity index is 674. The average molecular weight is 358 g/mol. The number of benzene rings is 1. The number of hydrogen-bond acceptors (Lipinski definition) is 4. The van der Waals surface area contributed by atoms with Crippen LogP contribution < -0.4 is 16.0 Å². The normalized spacial score (nSPS) is 12.6. The lowest BCUT2D eigenvalue weighted by Gasteiger charge is -2.17. The first-order valence-electron chi connectivity index (χ1n) is 7.06. The van der Waals surface area contributed by atoms with Gasteiger partial charge in [0, 0.05) is 26.3 Å². The van der Waals surface area contributed by atoms with Crippen molar-refractivity contribution in [2.24, 2.45) is 0 Å². The Hall–Kier alpha value is -1.71. The van der Waals surface area contributed by atoms with Crippen LogP contribution in [-0.4, -0.2) is 50.4 Å². The summed E-state index contributed by atoms with van der Waals surface area (Å²) in [4.78, 5) is 11.8. The van der Waals surface area contributed by atoms with Crippen molar-refractivity contribution in [3.8, 4) is 0 Å². The third-order valence-corrected chi connectivity index (χ3v) is 4.99. The minimum Gasteiger partial charge on any atom is -0.355 e. The molecule has 1 amide bonds. The molecule has 0 bridgehead atoms. The quantitative estimate of drug-likeness (QED) is 0.650. The van der Waals surface area contributed by atoms with E-state index in [4.69, 9.17) is 12.2 Å². The molecule has 1 atom stereocenters. The maximum Gasteiger partial charge on any atom is 0.242 e. The predicted octanol–water partition coefficient (Wildman–Crippen LogP) is 0.748. The topological polar surface area (TPSA) is 90.5 Å². The largest absolute Gasteiger partial charge is 0.355 e. The summed E-state index contributed by atoms with van der Waals surface area (Å²) in [5.74, 6) is -0.166. The number of carbonyl (C=O) groups excluding carboxylic acids is 1. The third-order valence-electron chi connectivity index (χ3n) is 2.96. The first kappa shape index (κ1) is 19.3. The molecule has 0 spiro atoms. The predicted molar refractivity (Wildman–Crippen MR) is 94.8 cm³/mol. The zero-order valence-corrected chi connectivity index (χ0v) is 15.2. The van der Waals surface area contributed by atoms with Crippen LogP contribution in [0.1, 0.15) is 13.8 Å². The van der Waals surface area contributed by atoms with E-state index in [0.717, 1.165) is 4.31 Å². The van der Waals surface area contributed by atoms with Gasteiger partial charge in [-0.25, -0.2) is 12.7 Å². The van der Waals surface area contributed by atoms with Crippen LogP contribution in [0.25, 0.3) is 0 Å². The number of nitrogens with one attached hydrogen (secondary N) is 3. The second kappa shape index (κ2) is 8.23. The maximum atomic E-state index is 12.1. The minimum absolute atomic E-state index is 0.159. The summed E-state index contributed by atoms with van der Waals surface area (Å²) in [6, 6.07) is 5.81. The van der Waals surface area contributed by atoms with Crippen molar-refractivity contribution < 1.29 is 13.2 Å². The standard InChI is InChI=1S/C14H22N4O3S2/c1-5-15-13(19)10(2)16-14(22)17-11-7-6-8-12(9-11)23(20,21)18(3)4/h6-10H,5H2,1-4H3,(H,15,19)(H2,16,17,22)/t10-/m0/s1. The summed E-state index contributed by atoms with van der Waals surface area (Å²) < 4.78 is 25.4. The van der Waals surface area contributed by atoms with E-state index in [1.165, 1.54) is 26.2 Å². The van der Waals surface area contributed by atoms with Crippen LogP contribution in [0.5, 0.6) is 0 Å². The SMILES string of the molecule is CCNC(=O)[C@H](C)NC(=S)Nc1cccc(S(=O)(=O)N(C)C)c1. The van der Waals surface area contributed by atoms with E-state index < -0.39 is 16.1 Å². The molecule has 128 valence electrons. The van der Waals surface area contributed by atoms with Gasteiger partial charge >= 0.3 is 0 Å². The van der Waals surface area contributed by atoms with Gasteiger partial charge in [-0.2, -0.15) is 0 Å². The molecule has 0 aliphatic rings. The van der Waals surface area contributed by atoms with Crippen LogP contribution in [0.4, 0.5) is 5.69 Å². The molecule has 0 aliphatic heterocycles. The summed E-state index contributed by atoms with van der Waals surface area (Å²) >= 11 is 5.14. The molecule has 0 saturated heterocycles. The van der Waals surface area contributed by atoms with Gasteiger partial charge in [0.15, 0.2) is 5.11 Å². The lowest BCUT2D eigenvalue weighted by atomic mass is 10.3. The second-order valence-corrected chi connectivity index (χ2v) is 7.59. The fraction of sp³-hybridized carbons (Fsp3) is 0.429. The van der Waals surface area contributed by atoms with Crippen LogP contribution in [0, 0.1) is 0 Å². The number of nitrogens with zero attached hydrogens (tertiary/aromatic N) is 1. The van der Waals surface area contributed by atoms with Crippen molar-refractivity contribution >= 4 is 38.9 Å². The fourth-order valence-electron chi connectivity index (χ4n) is 1.70. The molecule has 1 aromatic carbocycles.